The Kier molecular flexibility index (Phi) is 34.4. The van der Waals surface area contributed by atoms with Crippen LogP contribution in [-0.4, -0.2) is 98.3 Å². The summed E-state index contributed by atoms with van der Waals surface area (Å²) in [5, 5.41) is 50.0. The van der Waals surface area contributed by atoms with E-state index in [1.54, 1.807) is 0 Å². The normalized spacial score (nSPS) is 22.2. The molecule has 0 spiro atoms. The molecular formula is C45H87O13P. The van der Waals surface area contributed by atoms with Gasteiger partial charge in [-0.15, -0.1) is 0 Å². The minimum atomic E-state index is -5.10. The van der Waals surface area contributed by atoms with Crippen LogP contribution in [0.3, 0.4) is 0 Å². The van der Waals surface area contributed by atoms with Crippen LogP contribution in [0.25, 0.3) is 0 Å². The van der Waals surface area contributed by atoms with Gasteiger partial charge in [-0.2, -0.15) is 0 Å². The molecule has 14 heteroatoms. The van der Waals surface area contributed by atoms with Gasteiger partial charge >= 0.3 is 19.8 Å². The van der Waals surface area contributed by atoms with E-state index in [2.05, 4.69) is 13.8 Å². The molecule has 0 aromatic heterocycles. The molecule has 1 aliphatic rings. The van der Waals surface area contributed by atoms with Gasteiger partial charge in [0.25, 0.3) is 0 Å². The molecule has 0 amide bonds. The minimum absolute atomic E-state index is 0.102. The molecule has 1 fully saturated rings. The number of phosphoric ester groups is 1. The number of aliphatic hydroxyl groups excluding tert-OH is 5. The van der Waals surface area contributed by atoms with Gasteiger partial charge in [0.1, 0.15) is 43.2 Å². The lowest BCUT2D eigenvalue weighted by Crippen LogP contribution is -2.64. The van der Waals surface area contributed by atoms with Crippen molar-refractivity contribution in [3.05, 3.63) is 0 Å². The summed E-state index contributed by atoms with van der Waals surface area (Å²) in [5.74, 6) is -1.09. The second-order valence-electron chi connectivity index (χ2n) is 17.0. The van der Waals surface area contributed by atoms with Gasteiger partial charge < -0.3 is 39.9 Å². The highest BCUT2D eigenvalue weighted by Crippen LogP contribution is 2.47. The fourth-order valence-corrected chi connectivity index (χ4v) is 8.56. The number of rotatable bonds is 40. The van der Waals surface area contributed by atoms with E-state index in [4.69, 9.17) is 18.5 Å². The van der Waals surface area contributed by atoms with Crippen molar-refractivity contribution in [3.63, 3.8) is 0 Å². The number of esters is 2. The molecule has 13 nitrogen and oxygen atoms in total. The monoisotopic (exact) mass is 867 g/mol. The first-order valence-corrected chi connectivity index (χ1v) is 25.3. The predicted octanol–water partition coefficient (Wildman–Crippen LogP) is 9.28. The van der Waals surface area contributed by atoms with Gasteiger partial charge in [0.05, 0.1) is 6.61 Å². The average molecular weight is 867 g/mol. The van der Waals surface area contributed by atoms with Crippen molar-refractivity contribution in [3.8, 4) is 0 Å². The van der Waals surface area contributed by atoms with Crippen LogP contribution < -0.4 is 0 Å². The van der Waals surface area contributed by atoms with E-state index in [1.807, 2.05) is 0 Å². The highest BCUT2D eigenvalue weighted by Gasteiger charge is 2.51. The van der Waals surface area contributed by atoms with E-state index >= 15 is 0 Å². The lowest BCUT2D eigenvalue weighted by molar-refractivity contribution is -0.220. The molecular weight excluding hydrogens is 779 g/mol. The Balaban J connectivity index is 2.30. The number of carbonyl (C=O) groups excluding carboxylic acids is 2. The average Bonchev–Trinajstić information content (AvgIpc) is 3.21. The van der Waals surface area contributed by atoms with Gasteiger partial charge in [-0.1, -0.05) is 194 Å². The zero-order valence-corrected chi connectivity index (χ0v) is 38.0. The van der Waals surface area contributed by atoms with Crippen LogP contribution in [0.15, 0.2) is 0 Å². The Labute approximate surface area is 357 Å². The largest absolute Gasteiger partial charge is 0.472 e. The zero-order chi connectivity index (χ0) is 43.6. The predicted molar refractivity (Wildman–Crippen MR) is 231 cm³/mol. The summed E-state index contributed by atoms with van der Waals surface area (Å²) in [6.07, 6.45) is 23.4. The first-order chi connectivity index (χ1) is 28.4. The SMILES string of the molecule is CCCCCCCCCCCCCCCCCCCCCCCCC(=O)OC[C@@H](COP(=O)(O)OC1C(O)C(O)C(O)[C@H](O)C1O)OC(=O)CCCCCCCCCC. The number of hydrogen-bond donors (Lipinski definition) is 6. The molecule has 0 radical (unpaired) electrons. The smallest absolute Gasteiger partial charge is 0.462 e. The first-order valence-electron chi connectivity index (χ1n) is 23.8. The van der Waals surface area contributed by atoms with E-state index in [0.717, 1.165) is 44.9 Å². The molecule has 1 aliphatic carbocycles. The van der Waals surface area contributed by atoms with Crippen LogP contribution in [0.2, 0.25) is 0 Å². The molecule has 1 rings (SSSR count). The Morgan fingerprint density at radius 1 is 0.458 bits per heavy atom. The zero-order valence-electron chi connectivity index (χ0n) is 37.1. The van der Waals surface area contributed by atoms with Crippen molar-refractivity contribution in [2.45, 2.75) is 262 Å². The highest BCUT2D eigenvalue weighted by molar-refractivity contribution is 7.47. The van der Waals surface area contributed by atoms with Crippen molar-refractivity contribution >= 4 is 19.8 Å². The van der Waals surface area contributed by atoms with Crippen molar-refractivity contribution in [2.75, 3.05) is 13.2 Å². The van der Waals surface area contributed by atoms with Crippen molar-refractivity contribution in [2.24, 2.45) is 0 Å². The summed E-state index contributed by atoms with van der Waals surface area (Å²) in [7, 11) is -5.10. The third-order valence-corrected chi connectivity index (χ3v) is 12.4. The molecule has 8 atom stereocenters. The lowest BCUT2D eigenvalue weighted by atomic mass is 9.85. The van der Waals surface area contributed by atoms with Crippen molar-refractivity contribution in [1.29, 1.82) is 0 Å². The van der Waals surface area contributed by atoms with E-state index in [-0.39, 0.29) is 12.8 Å². The van der Waals surface area contributed by atoms with Gasteiger partial charge in [0.2, 0.25) is 0 Å². The second-order valence-corrected chi connectivity index (χ2v) is 18.4. The van der Waals surface area contributed by atoms with E-state index in [0.29, 0.717) is 12.8 Å². The third-order valence-electron chi connectivity index (χ3n) is 11.4. The summed E-state index contributed by atoms with van der Waals surface area (Å²) < 4.78 is 33.4. The van der Waals surface area contributed by atoms with Gasteiger partial charge in [-0.3, -0.25) is 18.6 Å². The minimum Gasteiger partial charge on any atom is -0.462 e. The maximum absolute atomic E-state index is 12.8. The van der Waals surface area contributed by atoms with Crippen LogP contribution in [0, 0.1) is 0 Å². The van der Waals surface area contributed by atoms with E-state index < -0.39 is 75.7 Å². The number of unbranched alkanes of at least 4 members (excludes halogenated alkanes) is 28. The molecule has 0 saturated heterocycles. The fraction of sp³-hybridized carbons (Fsp3) is 0.956. The standard InChI is InChI=1S/C45H87O13P/c1-3-5-7-9-11-13-14-15-16-17-18-19-20-21-22-23-24-25-26-28-29-31-33-38(46)55-35-37(57-39(47)34-32-30-27-12-10-8-6-4-2)36-56-59(53,54)58-45-43(51)41(49)40(48)42(50)44(45)52/h37,40-45,48-52H,3-36H2,1-2H3,(H,53,54)/t37-,40?,41-,42?,43?,44?,45?/m0/s1. The summed E-state index contributed by atoms with van der Waals surface area (Å²) in [5.41, 5.74) is 0. The summed E-state index contributed by atoms with van der Waals surface area (Å²) >= 11 is 0. The molecule has 0 aliphatic heterocycles. The number of aliphatic hydroxyl groups is 5. The molecule has 59 heavy (non-hydrogen) atoms. The van der Waals surface area contributed by atoms with Crippen molar-refractivity contribution < 1.29 is 63.1 Å². The molecule has 0 heterocycles. The lowest BCUT2D eigenvalue weighted by Gasteiger charge is -2.41. The van der Waals surface area contributed by atoms with Crippen LogP contribution in [0.1, 0.15) is 219 Å². The maximum atomic E-state index is 12.8. The first kappa shape index (κ1) is 55.9. The van der Waals surface area contributed by atoms with E-state index in [9.17, 15) is 44.6 Å². The van der Waals surface area contributed by atoms with Crippen LogP contribution in [0.4, 0.5) is 0 Å². The van der Waals surface area contributed by atoms with Crippen LogP contribution in [0.5, 0.6) is 0 Å². The number of hydrogen-bond acceptors (Lipinski definition) is 12. The highest BCUT2D eigenvalue weighted by atomic mass is 31.2. The molecule has 6 unspecified atom stereocenters. The van der Waals surface area contributed by atoms with Gasteiger partial charge in [-0.25, -0.2) is 4.57 Å². The van der Waals surface area contributed by atoms with Gasteiger partial charge in [0, 0.05) is 12.8 Å². The second kappa shape index (κ2) is 36.3. The van der Waals surface area contributed by atoms with Crippen LogP contribution in [-0.2, 0) is 32.7 Å². The Morgan fingerprint density at radius 3 is 1.12 bits per heavy atom. The Bertz CT molecular complexity index is 1050. The number of carbonyl (C=O) groups is 2. The fourth-order valence-electron chi connectivity index (χ4n) is 7.58. The summed E-state index contributed by atoms with van der Waals surface area (Å²) in [6.45, 7) is 3.27. The number of ether oxygens (including phenoxy) is 2. The van der Waals surface area contributed by atoms with Crippen LogP contribution >= 0.6 is 7.82 Å². The van der Waals surface area contributed by atoms with Gasteiger partial charge in [-0.05, 0) is 12.8 Å². The third kappa shape index (κ3) is 29.0. The summed E-state index contributed by atoms with van der Waals surface area (Å²) in [4.78, 5) is 35.5. The molecule has 0 aromatic rings. The maximum Gasteiger partial charge on any atom is 0.472 e. The quantitative estimate of drug-likeness (QED) is 0.0193. The number of phosphoric acid groups is 1. The molecule has 0 bridgehead atoms. The summed E-state index contributed by atoms with van der Waals surface area (Å²) in [6, 6.07) is 0. The van der Waals surface area contributed by atoms with E-state index in [1.165, 1.54) is 135 Å². The Morgan fingerprint density at radius 2 is 0.763 bits per heavy atom. The van der Waals surface area contributed by atoms with Crippen molar-refractivity contribution in [1.82, 2.24) is 0 Å². The van der Waals surface area contributed by atoms with Gasteiger partial charge in [0.15, 0.2) is 6.10 Å². The Hall–Kier alpha value is -1.15. The molecule has 6 N–H and O–H groups in total. The molecule has 350 valence electrons. The molecule has 1 saturated carbocycles. The molecule has 0 aromatic carbocycles. The topological polar surface area (TPSA) is 210 Å².